The monoisotopic (exact) mass is 411 g/mol. The fourth-order valence-corrected chi connectivity index (χ4v) is 4.39. The highest BCUT2D eigenvalue weighted by Gasteiger charge is 2.51. The van der Waals surface area contributed by atoms with Crippen LogP contribution in [0.2, 0.25) is 0 Å². The molecule has 2 aromatic rings. The summed E-state index contributed by atoms with van der Waals surface area (Å²) in [4.78, 5) is 53.0. The lowest BCUT2D eigenvalue weighted by Gasteiger charge is -2.38. The quantitative estimate of drug-likeness (QED) is 0.761. The summed E-state index contributed by atoms with van der Waals surface area (Å²) >= 11 is 0. The molecule has 158 valence electrons. The summed E-state index contributed by atoms with van der Waals surface area (Å²) in [6.07, 6.45) is 0.756. The van der Waals surface area contributed by atoms with Crippen LogP contribution in [-0.2, 0) is 16.1 Å². The van der Waals surface area contributed by atoms with Crippen LogP contribution in [0.15, 0.2) is 29.1 Å². The van der Waals surface area contributed by atoms with Gasteiger partial charge in [0.2, 0.25) is 5.91 Å². The summed E-state index contributed by atoms with van der Waals surface area (Å²) in [5, 5.41) is 8.49. The largest absolute Gasteiger partial charge is 0.342 e. The minimum Gasteiger partial charge on any atom is -0.342 e. The molecule has 2 aliphatic rings. The number of hydrogen-bond donors (Lipinski definition) is 1. The van der Waals surface area contributed by atoms with Crippen molar-refractivity contribution in [3.8, 4) is 0 Å². The summed E-state index contributed by atoms with van der Waals surface area (Å²) in [6, 6.07) is 6.80. The third-order valence-corrected chi connectivity index (χ3v) is 6.27. The van der Waals surface area contributed by atoms with Crippen LogP contribution in [-0.4, -0.2) is 63.1 Å². The first-order chi connectivity index (χ1) is 14.3. The van der Waals surface area contributed by atoms with Crippen LogP contribution in [0.4, 0.5) is 4.79 Å². The maximum absolute atomic E-state index is 13.3. The number of benzene rings is 1. The predicted molar refractivity (Wildman–Crippen MR) is 110 cm³/mol. The van der Waals surface area contributed by atoms with Gasteiger partial charge < -0.3 is 10.2 Å². The summed E-state index contributed by atoms with van der Waals surface area (Å²) < 4.78 is 1.38. The number of carbonyl (C=O) groups excluding carboxylic acids is 3. The number of piperidine rings is 1. The Bertz CT molecular complexity index is 1100. The van der Waals surface area contributed by atoms with Gasteiger partial charge in [-0.2, -0.15) is 5.10 Å². The highest BCUT2D eigenvalue weighted by molar-refractivity contribution is 6.07. The van der Waals surface area contributed by atoms with E-state index in [1.54, 1.807) is 24.0 Å². The third kappa shape index (κ3) is 2.96. The van der Waals surface area contributed by atoms with Crippen LogP contribution in [0.25, 0.3) is 10.8 Å². The van der Waals surface area contributed by atoms with Gasteiger partial charge in [-0.1, -0.05) is 18.2 Å². The predicted octanol–water partition coefficient (Wildman–Crippen LogP) is 1.06. The second-order valence-electron chi connectivity index (χ2n) is 7.98. The van der Waals surface area contributed by atoms with Gasteiger partial charge in [0.05, 0.1) is 17.0 Å². The molecule has 4 amide bonds. The molecule has 4 rings (SSSR count). The summed E-state index contributed by atoms with van der Waals surface area (Å²) in [6.45, 7) is 4.79. The summed E-state index contributed by atoms with van der Waals surface area (Å²) in [7, 11) is 1.46. The van der Waals surface area contributed by atoms with Crippen molar-refractivity contribution in [1.82, 2.24) is 24.9 Å². The lowest BCUT2D eigenvalue weighted by atomic mass is 9.87. The molecule has 0 unspecified atom stereocenters. The Morgan fingerprint density at radius 3 is 2.37 bits per heavy atom. The molecule has 0 radical (unpaired) electrons. The van der Waals surface area contributed by atoms with Gasteiger partial charge in [0.25, 0.3) is 11.5 Å². The Morgan fingerprint density at radius 1 is 1.17 bits per heavy atom. The number of urea groups is 1. The van der Waals surface area contributed by atoms with Gasteiger partial charge in [-0.15, -0.1) is 0 Å². The van der Waals surface area contributed by atoms with Crippen LogP contribution < -0.4 is 10.9 Å². The Labute approximate surface area is 173 Å². The van der Waals surface area contributed by atoms with E-state index in [1.807, 2.05) is 19.1 Å². The number of nitrogens with one attached hydrogen (secondary N) is 1. The Morgan fingerprint density at radius 2 is 1.80 bits per heavy atom. The number of hydrogen-bond acceptors (Lipinski definition) is 5. The number of fused-ring (bicyclic) bond motifs is 1. The molecule has 0 bridgehead atoms. The van der Waals surface area contributed by atoms with Crippen molar-refractivity contribution in [3.63, 3.8) is 0 Å². The van der Waals surface area contributed by atoms with Gasteiger partial charge >= 0.3 is 6.03 Å². The Kier molecular flexibility index (Phi) is 4.83. The fourth-order valence-electron chi connectivity index (χ4n) is 4.39. The van der Waals surface area contributed by atoms with Crippen molar-refractivity contribution in [1.29, 1.82) is 0 Å². The van der Waals surface area contributed by atoms with Crippen molar-refractivity contribution in [2.75, 3.05) is 20.1 Å². The molecule has 9 nitrogen and oxygen atoms in total. The molecule has 2 fully saturated rings. The van der Waals surface area contributed by atoms with Crippen LogP contribution >= 0.6 is 0 Å². The maximum atomic E-state index is 13.3. The number of likely N-dealkylation sites (tertiary alicyclic amines) is 1. The third-order valence-electron chi connectivity index (χ3n) is 6.27. The molecule has 2 aliphatic heterocycles. The van der Waals surface area contributed by atoms with E-state index in [9.17, 15) is 19.2 Å². The molecule has 9 heteroatoms. The molecular formula is C21H25N5O4. The van der Waals surface area contributed by atoms with E-state index >= 15 is 0 Å². The summed E-state index contributed by atoms with van der Waals surface area (Å²) in [5.74, 6) is -0.886. The van der Waals surface area contributed by atoms with E-state index in [2.05, 4.69) is 10.4 Å². The zero-order valence-electron chi connectivity index (χ0n) is 17.3. The number of aromatic nitrogens is 2. The highest BCUT2D eigenvalue weighted by Crippen LogP contribution is 2.31. The molecule has 0 aliphatic carbocycles. The molecule has 0 saturated carbocycles. The average molecular weight is 411 g/mol. The minimum absolute atomic E-state index is 0.103. The number of aryl methyl sites for hydroxylation is 1. The van der Waals surface area contributed by atoms with Gasteiger partial charge in [0.15, 0.2) is 0 Å². The van der Waals surface area contributed by atoms with Crippen molar-refractivity contribution in [3.05, 3.63) is 40.3 Å². The molecule has 30 heavy (non-hydrogen) atoms. The second-order valence-corrected chi connectivity index (χ2v) is 7.98. The average Bonchev–Trinajstić information content (AvgIpc) is 2.97. The Hall–Kier alpha value is -3.23. The minimum atomic E-state index is -0.910. The highest BCUT2D eigenvalue weighted by atomic mass is 16.2. The Balaban J connectivity index is 1.59. The van der Waals surface area contributed by atoms with E-state index in [0.29, 0.717) is 48.9 Å². The smallest absolute Gasteiger partial charge is 0.324 e. The topological polar surface area (TPSA) is 105 Å². The molecular weight excluding hydrogens is 386 g/mol. The lowest BCUT2D eigenvalue weighted by molar-refractivity contribution is -0.138. The van der Waals surface area contributed by atoms with Gasteiger partial charge in [0.1, 0.15) is 5.54 Å². The lowest BCUT2D eigenvalue weighted by Crippen LogP contribution is -2.56. The van der Waals surface area contributed by atoms with Crippen molar-refractivity contribution in [2.45, 2.75) is 44.7 Å². The van der Waals surface area contributed by atoms with Crippen LogP contribution in [0.1, 0.15) is 38.3 Å². The first-order valence-electron chi connectivity index (χ1n) is 10.2. The van der Waals surface area contributed by atoms with Crippen molar-refractivity contribution in [2.24, 2.45) is 0 Å². The maximum Gasteiger partial charge on any atom is 0.324 e. The summed E-state index contributed by atoms with van der Waals surface area (Å²) in [5.41, 5.74) is -0.509. The van der Waals surface area contributed by atoms with Crippen molar-refractivity contribution < 1.29 is 14.4 Å². The number of rotatable bonds is 3. The first kappa shape index (κ1) is 20.1. The number of carbonyl (C=O) groups is 3. The second kappa shape index (κ2) is 7.23. The van der Waals surface area contributed by atoms with Gasteiger partial charge in [0, 0.05) is 32.1 Å². The molecule has 1 aromatic carbocycles. The standard InChI is InChI=1S/C21H25N5O4/c1-4-26-18(28)15-8-6-5-7-14(15)16(23-26)13(2)17(27)25-11-9-21(10-12-25)19(29)24(3)20(30)22-21/h5-8,13H,4,9-12H2,1-3H3,(H,22,30)/t13-/m1/s1. The van der Waals surface area contributed by atoms with E-state index in [4.69, 9.17) is 0 Å². The van der Waals surface area contributed by atoms with Crippen molar-refractivity contribution >= 4 is 28.6 Å². The number of amides is 4. The number of nitrogens with zero attached hydrogens (tertiary/aromatic N) is 4. The molecule has 3 heterocycles. The van der Waals surface area contributed by atoms with E-state index < -0.39 is 17.5 Å². The van der Waals surface area contributed by atoms with E-state index in [-0.39, 0.29) is 17.4 Å². The van der Waals surface area contributed by atoms with Crippen LogP contribution in [0.5, 0.6) is 0 Å². The molecule has 2 saturated heterocycles. The molecule has 1 spiro atoms. The molecule has 1 atom stereocenters. The van der Waals surface area contributed by atoms with Gasteiger partial charge in [-0.3, -0.25) is 19.3 Å². The number of imide groups is 1. The van der Waals surface area contributed by atoms with E-state index in [1.165, 1.54) is 11.7 Å². The first-order valence-corrected chi connectivity index (χ1v) is 10.2. The van der Waals surface area contributed by atoms with Gasteiger partial charge in [-0.05, 0) is 32.8 Å². The number of likely N-dealkylation sites (N-methyl/N-ethyl adjacent to an activating group) is 1. The molecule has 1 aromatic heterocycles. The fraction of sp³-hybridized carbons (Fsp3) is 0.476. The normalized spacial score (nSPS) is 19.4. The van der Waals surface area contributed by atoms with Crippen LogP contribution in [0, 0.1) is 0 Å². The zero-order chi connectivity index (χ0) is 21.6. The zero-order valence-corrected chi connectivity index (χ0v) is 17.3. The SMILES string of the molecule is CCn1nc([C@@H](C)C(=O)N2CCC3(CC2)NC(=O)N(C)C3=O)c2ccccc2c1=O. The van der Waals surface area contributed by atoms with E-state index in [0.717, 1.165) is 4.90 Å². The van der Waals surface area contributed by atoms with Crippen LogP contribution in [0.3, 0.4) is 0 Å². The molecule has 1 N–H and O–H groups in total. The van der Waals surface area contributed by atoms with Gasteiger partial charge in [-0.25, -0.2) is 9.48 Å².